The molecule has 0 unspecified atom stereocenters. The summed E-state index contributed by atoms with van der Waals surface area (Å²) >= 11 is 0. The zero-order valence-corrected chi connectivity index (χ0v) is 10.7. The lowest BCUT2D eigenvalue weighted by molar-refractivity contribution is -0.122. The van der Waals surface area contributed by atoms with Gasteiger partial charge in [-0.05, 0) is 6.92 Å². The van der Waals surface area contributed by atoms with E-state index in [4.69, 9.17) is 5.11 Å². The van der Waals surface area contributed by atoms with Gasteiger partial charge in [0.15, 0.2) is 11.5 Å². The van der Waals surface area contributed by atoms with Crippen molar-refractivity contribution in [1.29, 1.82) is 0 Å². The molecule has 0 aliphatic carbocycles. The third-order valence-corrected chi connectivity index (χ3v) is 2.54. The molecule has 0 saturated carbocycles. The molecule has 0 radical (unpaired) electrons. The van der Waals surface area contributed by atoms with Gasteiger partial charge in [-0.1, -0.05) is 5.21 Å². The SMILES string of the molecule is CCn1cnnc1CNC(=O)Cn1cc(C(=O)O)nn1. The summed E-state index contributed by atoms with van der Waals surface area (Å²) in [4.78, 5) is 22.3. The van der Waals surface area contributed by atoms with Crippen LogP contribution in [0.2, 0.25) is 0 Å². The number of hydrogen-bond acceptors (Lipinski definition) is 6. The van der Waals surface area contributed by atoms with Crippen molar-refractivity contribution >= 4 is 11.9 Å². The first-order valence-electron chi connectivity index (χ1n) is 5.87. The molecule has 106 valence electrons. The zero-order chi connectivity index (χ0) is 14.5. The van der Waals surface area contributed by atoms with Crippen LogP contribution < -0.4 is 5.32 Å². The molecular formula is C10H13N7O3. The van der Waals surface area contributed by atoms with Crippen LogP contribution >= 0.6 is 0 Å². The van der Waals surface area contributed by atoms with E-state index in [1.165, 1.54) is 6.20 Å². The number of aromatic nitrogens is 6. The number of carboxylic acid groups (broad SMARTS) is 1. The summed E-state index contributed by atoms with van der Waals surface area (Å²) in [6.45, 7) is 2.79. The highest BCUT2D eigenvalue weighted by atomic mass is 16.4. The number of nitrogens with zero attached hydrogens (tertiary/aromatic N) is 6. The second kappa shape index (κ2) is 5.91. The highest BCUT2D eigenvalue weighted by molar-refractivity contribution is 5.84. The minimum Gasteiger partial charge on any atom is -0.476 e. The molecule has 2 aromatic heterocycles. The number of rotatable bonds is 6. The number of amides is 1. The first kappa shape index (κ1) is 13.6. The molecule has 2 rings (SSSR count). The lowest BCUT2D eigenvalue weighted by Crippen LogP contribution is -2.28. The third-order valence-electron chi connectivity index (χ3n) is 2.54. The van der Waals surface area contributed by atoms with Crippen LogP contribution in [0, 0.1) is 0 Å². The number of carbonyl (C=O) groups excluding carboxylic acids is 1. The highest BCUT2D eigenvalue weighted by Crippen LogP contribution is 1.95. The Labute approximate surface area is 113 Å². The summed E-state index contributed by atoms with van der Waals surface area (Å²) < 4.78 is 2.96. The van der Waals surface area contributed by atoms with Crippen molar-refractivity contribution in [3.8, 4) is 0 Å². The minimum absolute atomic E-state index is 0.111. The van der Waals surface area contributed by atoms with E-state index in [-0.39, 0.29) is 24.7 Å². The Morgan fingerprint density at radius 1 is 1.40 bits per heavy atom. The summed E-state index contributed by atoms with van der Waals surface area (Å²) in [5, 5.41) is 25.9. The monoisotopic (exact) mass is 279 g/mol. The second-order valence-electron chi connectivity index (χ2n) is 3.92. The van der Waals surface area contributed by atoms with Gasteiger partial charge in [-0.15, -0.1) is 15.3 Å². The summed E-state index contributed by atoms with van der Waals surface area (Å²) in [6.07, 6.45) is 2.77. The predicted molar refractivity (Wildman–Crippen MR) is 64.5 cm³/mol. The van der Waals surface area contributed by atoms with Crippen LogP contribution in [0.1, 0.15) is 23.2 Å². The fraction of sp³-hybridized carbons (Fsp3) is 0.400. The highest BCUT2D eigenvalue weighted by Gasteiger charge is 2.11. The quantitative estimate of drug-likeness (QED) is 0.687. The average Bonchev–Trinajstić information content (AvgIpc) is 3.04. The van der Waals surface area contributed by atoms with Crippen molar-refractivity contribution in [2.75, 3.05) is 0 Å². The summed E-state index contributed by atoms with van der Waals surface area (Å²) in [5.74, 6) is -0.865. The molecule has 2 aromatic rings. The normalized spacial score (nSPS) is 10.4. The van der Waals surface area contributed by atoms with Gasteiger partial charge in [0.2, 0.25) is 5.91 Å². The molecule has 0 aliphatic rings. The Balaban J connectivity index is 1.87. The molecule has 1 amide bonds. The lowest BCUT2D eigenvalue weighted by atomic mass is 10.5. The van der Waals surface area contributed by atoms with E-state index in [9.17, 15) is 9.59 Å². The average molecular weight is 279 g/mol. The summed E-state index contributed by atoms with van der Waals surface area (Å²) in [5.41, 5.74) is -0.205. The van der Waals surface area contributed by atoms with Crippen molar-refractivity contribution in [1.82, 2.24) is 35.1 Å². The molecule has 0 aliphatic heterocycles. The van der Waals surface area contributed by atoms with Gasteiger partial charge in [0.05, 0.1) is 12.7 Å². The van der Waals surface area contributed by atoms with Crippen LogP contribution in [0.4, 0.5) is 0 Å². The largest absolute Gasteiger partial charge is 0.476 e. The first-order chi connectivity index (χ1) is 9.60. The molecule has 2 N–H and O–H groups in total. The molecule has 0 bridgehead atoms. The van der Waals surface area contributed by atoms with Crippen molar-refractivity contribution in [2.24, 2.45) is 0 Å². The predicted octanol–water partition coefficient (Wildman–Crippen LogP) is -1.10. The molecule has 2 heterocycles. The number of nitrogens with one attached hydrogen (secondary N) is 1. The van der Waals surface area contributed by atoms with Crippen LogP contribution in [0.5, 0.6) is 0 Å². The van der Waals surface area contributed by atoms with Gasteiger partial charge in [-0.3, -0.25) is 4.79 Å². The van der Waals surface area contributed by atoms with E-state index in [1.807, 2.05) is 6.92 Å². The van der Waals surface area contributed by atoms with E-state index < -0.39 is 5.97 Å². The van der Waals surface area contributed by atoms with Gasteiger partial charge in [0.25, 0.3) is 0 Å². The summed E-state index contributed by atoms with van der Waals surface area (Å²) in [6, 6.07) is 0. The van der Waals surface area contributed by atoms with Crippen molar-refractivity contribution in [3.63, 3.8) is 0 Å². The smallest absolute Gasteiger partial charge is 0.358 e. The fourth-order valence-corrected chi connectivity index (χ4v) is 1.53. The van der Waals surface area contributed by atoms with E-state index in [0.717, 1.165) is 4.68 Å². The van der Waals surface area contributed by atoms with Crippen LogP contribution in [-0.2, 0) is 24.4 Å². The number of aromatic carboxylic acids is 1. The Kier molecular flexibility index (Phi) is 4.03. The van der Waals surface area contributed by atoms with Gasteiger partial charge in [-0.25, -0.2) is 9.48 Å². The topological polar surface area (TPSA) is 128 Å². The third kappa shape index (κ3) is 3.16. The molecule has 0 aromatic carbocycles. The molecule has 0 spiro atoms. The Morgan fingerprint density at radius 3 is 2.85 bits per heavy atom. The van der Waals surface area contributed by atoms with Gasteiger partial charge in [-0.2, -0.15) is 0 Å². The van der Waals surface area contributed by atoms with Crippen LogP contribution in [0.3, 0.4) is 0 Å². The summed E-state index contributed by atoms with van der Waals surface area (Å²) in [7, 11) is 0. The molecule has 0 fully saturated rings. The van der Waals surface area contributed by atoms with E-state index in [0.29, 0.717) is 12.4 Å². The number of carboxylic acids is 1. The molecular weight excluding hydrogens is 266 g/mol. The lowest BCUT2D eigenvalue weighted by Gasteiger charge is -2.05. The van der Waals surface area contributed by atoms with E-state index in [2.05, 4.69) is 25.8 Å². The maximum atomic E-state index is 11.7. The van der Waals surface area contributed by atoms with Crippen molar-refractivity contribution in [3.05, 3.63) is 24.0 Å². The fourth-order valence-electron chi connectivity index (χ4n) is 1.53. The minimum atomic E-state index is -1.19. The van der Waals surface area contributed by atoms with Crippen LogP contribution in [0.15, 0.2) is 12.5 Å². The molecule has 0 atom stereocenters. The maximum absolute atomic E-state index is 11.7. The van der Waals surface area contributed by atoms with Gasteiger partial charge in [0.1, 0.15) is 12.9 Å². The first-order valence-corrected chi connectivity index (χ1v) is 5.87. The maximum Gasteiger partial charge on any atom is 0.358 e. The van der Waals surface area contributed by atoms with Gasteiger partial charge in [0, 0.05) is 6.54 Å². The van der Waals surface area contributed by atoms with Crippen LogP contribution in [0.25, 0.3) is 0 Å². The second-order valence-corrected chi connectivity index (χ2v) is 3.92. The van der Waals surface area contributed by atoms with E-state index >= 15 is 0 Å². The standard InChI is InChI=1S/C10H13N7O3/c1-2-16-6-12-14-8(16)3-11-9(18)5-17-4-7(10(19)20)13-15-17/h4,6H,2-3,5H2,1H3,(H,11,18)(H,19,20). The Morgan fingerprint density at radius 2 is 2.20 bits per heavy atom. The number of hydrogen-bond donors (Lipinski definition) is 2. The molecule has 10 nitrogen and oxygen atoms in total. The Hall–Kier alpha value is -2.78. The van der Waals surface area contributed by atoms with Gasteiger partial charge >= 0.3 is 5.97 Å². The van der Waals surface area contributed by atoms with Crippen molar-refractivity contribution < 1.29 is 14.7 Å². The molecule has 20 heavy (non-hydrogen) atoms. The number of carbonyl (C=O) groups is 2. The van der Waals surface area contributed by atoms with Gasteiger partial charge < -0.3 is 15.0 Å². The number of aryl methyl sites for hydroxylation is 1. The van der Waals surface area contributed by atoms with Crippen molar-refractivity contribution in [2.45, 2.75) is 26.6 Å². The molecule has 10 heteroatoms. The molecule has 0 saturated heterocycles. The van der Waals surface area contributed by atoms with Crippen LogP contribution in [-0.4, -0.2) is 46.7 Å². The Bertz CT molecular complexity index is 618. The van der Waals surface area contributed by atoms with E-state index in [1.54, 1.807) is 10.9 Å². The zero-order valence-electron chi connectivity index (χ0n) is 10.7.